The van der Waals surface area contributed by atoms with Crippen LogP contribution in [-0.4, -0.2) is 148 Å². The highest BCUT2D eigenvalue weighted by molar-refractivity contribution is 5.78. The minimum absolute atomic E-state index is 0.0743. The highest BCUT2D eigenvalue weighted by atomic mass is 16.6. The first-order valence-corrected chi connectivity index (χ1v) is 14.7. The third-order valence-corrected chi connectivity index (χ3v) is 6.93. The molecule has 1 aliphatic heterocycles. The molecule has 1 aromatic rings. The van der Waals surface area contributed by atoms with Crippen molar-refractivity contribution in [1.82, 2.24) is 19.6 Å². The number of carboxylic acids is 3. The lowest BCUT2D eigenvalue weighted by molar-refractivity contribution is -0.162. The van der Waals surface area contributed by atoms with Gasteiger partial charge in [-0.05, 0) is 32.8 Å². The predicted molar refractivity (Wildman–Crippen MR) is 159 cm³/mol. The van der Waals surface area contributed by atoms with Crippen molar-refractivity contribution in [3.8, 4) is 0 Å². The highest BCUT2D eigenvalue weighted by Gasteiger charge is 2.32. The van der Waals surface area contributed by atoms with Crippen LogP contribution in [0.4, 0.5) is 0 Å². The Bertz CT molecular complexity index is 1060. The van der Waals surface area contributed by atoms with Gasteiger partial charge < -0.3 is 24.8 Å². The summed E-state index contributed by atoms with van der Waals surface area (Å²) >= 11 is 0. The van der Waals surface area contributed by atoms with Gasteiger partial charge in [0, 0.05) is 58.8 Å². The summed E-state index contributed by atoms with van der Waals surface area (Å²) in [5.41, 5.74) is 0.0140. The molecule has 1 heterocycles. The average molecular weight is 623 g/mol. The number of carbonyl (C=O) groups excluding carboxylic acids is 2. The minimum Gasteiger partial charge on any atom is -0.480 e. The standard InChI is InChI=1S/C30H46N4O10/c1-30(2,3)44-29(42)24(9-10-28(41)43-22-23-7-5-4-6-8-23)34-17-15-32(20-26(37)38)13-11-31(19-25(35)36)12-14-33(16-18-34)21-27(39)40/h4-8,24H,9-22H2,1-3H3,(H,35,36)(H,37,38)(H,39,40)/t24-/m1/s1. The van der Waals surface area contributed by atoms with Gasteiger partial charge in [-0.3, -0.25) is 43.6 Å². The van der Waals surface area contributed by atoms with E-state index in [1.54, 1.807) is 40.4 Å². The smallest absolute Gasteiger partial charge is 0.323 e. The van der Waals surface area contributed by atoms with Gasteiger partial charge in [0.25, 0.3) is 0 Å². The molecule has 14 nitrogen and oxygen atoms in total. The van der Waals surface area contributed by atoms with E-state index in [0.717, 1.165) is 5.56 Å². The molecule has 0 bridgehead atoms. The van der Waals surface area contributed by atoms with E-state index in [-0.39, 0.29) is 91.4 Å². The van der Waals surface area contributed by atoms with Gasteiger partial charge in [-0.15, -0.1) is 0 Å². The molecule has 14 heteroatoms. The zero-order valence-electron chi connectivity index (χ0n) is 25.9. The number of aliphatic carboxylic acids is 3. The Hall–Kier alpha value is -3.59. The molecule has 0 radical (unpaired) electrons. The molecule has 0 saturated carbocycles. The molecule has 2 rings (SSSR count). The van der Waals surface area contributed by atoms with Gasteiger partial charge in [0.2, 0.25) is 0 Å². The van der Waals surface area contributed by atoms with Crippen molar-refractivity contribution in [2.75, 3.05) is 72.0 Å². The van der Waals surface area contributed by atoms with Crippen molar-refractivity contribution >= 4 is 29.8 Å². The SMILES string of the molecule is CC(C)(C)OC(=O)[C@@H](CCC(=O)OCc1ccccc1)N1CCN(CC(=O)O)CCN(CC(=O)O)CCN(CC(=O)O)CC1. The Morgan fingerprint density at radius 1 is 0.727 bits per heavy atom. The monoisotopic (exact) mass is 622 g/mol. The van der Waals surface area contributed by atoms with E-state index in [1.807, 2.05) is 30.3 Å². The number of nitrogens with zero attached hydrogens (tertiary/aromatic N) is 4. The fourth-order valence-corrected chi connectivity index (χ4v) is 4.80. The number of hydrogen-bond acceptors (Lipinski definition) is 11. The van der Waals surface area contributed by atoms with E-state index in [9.17, 15) is 39.3 Å². The Morgan fingerprint density at radius 3 is 1.57 bits per heavy atom. The Morgan fingerprint density at radius 2 is 1.16 bits per heavy atom. The van der Waals surface area contributed by atoms with E-state index >= 15 is 0 Å². The number of carbonyl (C=O) groups is 5. The second-order valence-corrected chi connectivity index (χ2v) is 11.8. The van der Waals surface area contributed by atoms with Gasteiger partial charge in [-0.25, -0.2) is 0 Å². The number of esters is 2. The maximum atomic E-state index is 13.5. The summed E-state index contributed by atoms with van der Waals surface area (Å²) in [6, 6.07) is 8.31. The number of benzene rings is 1. The molecule has 0 spiro atoms. The maximum Gasteiger partial charge on any atom is 0.323 e. The summed E-state index contributed by atoms with van der Waals surface area (Å²) < 4.78 is 11.1. The molecule has 3 N–H and O–H groups in total. The molecule has 0 aromatic heterocycles. The van der Waals surface area contributed by atoms with Crippen molar-refractivity contribution in [1.29, 1.82) is 0 Å². The van der Waals surface area contributed by atoms with Gasteiger partial charge in [-0.2, -0.15) is 0 Å². The second-order valence-electron chi connectivity index (χ2n) is 11.8. The fourth-order valence-electron chi connectivity index (χ4n) is 4.80. The van der Waals surface area contributed by atoms with Crippen LogP contribution in [0.5, 0.6) is 0 Å². The van der Waals surface area contributed by atoms with Crippen molar-refractivity contribution in [2.24, 2.45) is 0 Å². The van der Waals surface area contributed by atoms with E-state index in [0.29, 0.717) is 0 Å². The summed E-state index contributed by atoms with van der Waals surface area (Å²) in [5.74, 6) is -4.19. The van der Waals surface area contributed by atoms with Gasteiger partial charge in [-0.1, -0.05) is 30.3 Å². The van der Waals surface area contributed by atoms with Crippen LogP contribution >= 0.6 is 0 Å². The molecule has 1 atom stereocenters. The van der Waals surface area contributed by atoms with Crippen LogP contribution in [0, 0.1) is 0 Å². The average Bonchev–Trinajstić information content (AvgIpc) is 2.91. The summed E-state index contributed by atoms with van der Waals surface area (Å²) in [7, 11) is 0. The maximum absolute atomic E-state index is 13.5. The van der Waals surface area contributed by atoms with Crippen LogP contribution in [0.2, 0.25) is 0 Å². The summed E-state index contributed by atoms with van der Waals surface area (Å²) in [6.45, 7) is 6.33. The number of rotatable bonds is 13. The van der Waals surface area contributed by atoms with Gasteiger partial charge in [0.15, 0.2) is 0 Å². The molecular weight excluding hydrogens is 576 g/mol. The van der Waals surface area contributed by atoms with E-state index in [1.165, 1.54) is 0 Å². The zero-order valence-corrected chi connectivity index (χ0v) is 25.9. The second kappa shape index (κ2) is 18.3. The van der Waals surface area contributed by atoms with Crippen LogP contribution < -0.4 is 0 Å². The molecule has 1 fully saturated rings. The first-order chi connectivity index (χ1) is 20.7. The summed E-state index contributed by atoms with van der Waals surface area (Å²) in [5, 5.41) is 28.4. The Kier molecular flexibility index (Phi) is 15.2. The summed E-state index contributed by atoms with van der Waals surface area (Å²) in [4.78, 5) is 67.6. The largest absolute Gasteiger partial charge is 0.480 e. The first kappa shape index (κ1) is 36.6. The molecular formula is C30H46N4O10. The van der Waals surface area contributed by atoms with Crippen molar-refractivity contribution in [2.45, 2.75) is 51.9 Å². The quantitative estimate of drug-likeness (QED) is 0.262. The number of carboxylic acid groups (broad SMARTS) is 3. The molecule has 1 aromatic carbocycles. The van der Waals surface area contributed by atoms with Crippen LogP contribution in [0.15, 0.2) is 30.3 Å². The van der Waals surface area contributed by atoms with Crippen LogP contribution in [0.1, 0.15) is 39.2 Å². The van der Waals surface area contributed by atoms with Crippen LogP contribution in [0.3, 0.4) is 0 Å². The van der Waals surface area contributed by atoms with Gasteiger partial charge in [0.1, 0.15) is 18.2 Å². The molecule has 246 valence electrons. The van der Waals surface area contributed by atoms with Gasteiger partial charge >= 0.3 is 29.8 Å². The first-order valence-electron chi connectivity index (χ1n) is 14.7. The highest BCUT2D eigenvalue weighted by Crippen LogP contribution is 2.17. The third-order valence-electron chi connectivity index (χ3n) is 6.93. The topological polar surface area (TPSA) is 177 Å². The fraction of sp³-hybridized carbons (Fsp3) is 0.633. The third kappa shape index (κ3) is 15.2. The van der Waals surface area contributed by atoms with E-state index < -0.39 is 41.5 Å². The Balaban J connectivity index is 2.29. The lowest BCUT2D eigenvalue weighted by Gasteiger charge is -2.36. The molecule has 1 aliphatic rings. The molecule has 0 aliphatic carbocycles. The van der Waals surface area contributed by atoms with Crippen molar-refractivity contribution in [3.05, 3.63) is 35.9 Å². The van der Waals surface area contributed by atoms with E-state index in [4.69, 9.17) is 9.47 Å². The molecule has 44 heavy (non-hydrogen) atoms. The van der Waals surface area contributed by atoms with Crippen molar-refractivity contribution in [3.63, 3.8) is 0 Å². The number of ether oxygens (including phenoxy) is 2. The lowest BCUT2D eigenvalue weighted by Crippen LogP contribution is -2.52. The minimum atomic E-state index is -1.05. The number of hydrogen-bond donors (Lipinski definition) is 3. The van der Waals surface area contributed by atoms with Gasteiger partial charge in [0.05, 0.1) is 19.6 Å². The normalized spacial score (nSPS) is 17.5. The van der Waals surface area contributed by atoms with Crippen LogP contribution in [-0.2, 0) is 40.1 Å². The molecule has 0 amide bonds. The predicted octanol–water partition coefficient (Wildman–Crippen LogP) is 0.696. The van der Waals surface area contributed by atoms with E-state index in [2.05, 4.69) is 0 Å². The molecule has 0 unspecified atom stereocenters. The van der Waals surface area contributed by atoms with Crippen molar-refractivity contribution < 1.29 is 48.8 Å². The Labute approximate surface area is 258 Å². The summed E-state index contributed by atoms with van der Waals surface area (Å²) in [6.07, 6.45) is 0.00184. The van der Waals surface area contributed by atoms with Crippen LogP contribution in [0.25, 0.3) is 0 Å². The molecule has 1 saturated heterocycles. The lowest BCUT2D eigenvalue weighted by atomic mass is 10.1. The zero-order chi connectivity index (χ0) is 32.7.